The van der Waals surface area contributed by atoms with Crippen molar-refractivity contribution in [2.24, 2.45) is 5.73 Å². The maximum atomic E-state index is 11.9. The minimum atomic E-state index is -2.44. The summed E-state index contributed by atoms with van der Waals surface area (Å²) < 4.78 is 28.8. The molecule has 5 heteroatoms. The third kappa shape index (κ3) is 3.32. The van der Waals surface area contributed by atoms with Gasteiger partial charge in [0.25, 0.3) is 6.43 Å². The molecule has 0 saturated heterocycles. The lowest BCUT2D eigenvalue weighted by Crippen LogP contribution is -2.17. The van der Waals surface area contributed by atoms with E-state index >= 15 is 0 Å². The van der Waals surface area contributed by atoms with Crippen LogP contribution in [0.3, 0.4) is 0 Å². The lowest BCUT2D eigenvalue weighted by Gasteiger charge is -2.13. The average molecular weight is 221 g/mol. The van der Waals surface area contributed by atoms with Gasteiger partial charge in [0.1, 0.15) is 12.7 Å². The Hall–Kier alpha value is -0.520. The van der Waals surface area contributed by atoms with E-state index in [2.05, 4.69) is 0 Å². The highest BCUT2D eigenvalue weighted by molar-refractivity contribution is 7.12. The van der Waals surface area contributed by atoms with Gasteiger partial charge in [-0.15, -0.1) is 11.3 Å². The molecule has 1 aromatic rings. The van der Waals surface area contributed by atoms with Crippen LogP contribution in [0.2, 0.25) is 0 Å². The van der Waals surface area contributed by atoms with Crippen molar-refractivity contribution in [2.45, 2.75) is 19.5 Å². The molecule has 1 rings (SSSR count). The zero-order chi connectivity index (χ0) is 10.6. The van der Waals surface area contributed by atoms with Gasteiger partial charge in [0.05, 0.1) is 0 Å². The van der Waals surface area contributed by atoms with Gasteiger partial charge in [-0.3, -0.25) is 0 Å². The first-order valence-electron chi connectivity index (χ1n) is 4.29. The van der Waals surface area contributed by atoms with Gasteiger partial charge in [0, 0.05) is 16.3 Å². The molecule has 14 heavy (non-hydrogen) atoms. The molecule has 80 valence electrons. The number of hydrogen-bond donors (Lipinski definition) is 1. The third-order valence-corrected chi connectivity index (χ3v) is 2.81. The Kier molecular flexibility index (Phi) is 4.44. The van der Waals surface area contributed by atoms with Crippen LogP contribution < -0.4 is 5.73 Å². The maximum Gasteiger partial charge on any atom is 0.261 e. The zero-order valence-electron chi connectivity index (χ0n) is 7.87. The predicted molar refractivity (Wildman–Crippen MR) is 52.8 cm³/mol. The average Bonchev–Trinajstić information content (AvgIpc) is 2.53. The Morgan fingerprint density at radius 2 is 2.21 bits per heavy atom. The fourth-order valence-corrected chi connectivity index (χ4v) is 2.02. The highest BCUT2D eigenvalue weighted by atomic mass is 32.1. The molecule has 0 aliphatic heterocycles. The molecule has 0 radical (unpaired) electrons. The van der Waals surface area contributed by atoms with E-state index in [0.29, 0.717) is 0 Å². The van der Waals surface area contributed by atoms with Crippen LogP contribution in [0.25, 0.3) is 0 Å². The van der Waals surface area contributed by atoms with Crippen LogP contribution in [0.1, 0.15) is 15.9 Å². The number of hydrogen-bond acceptors (Lipinski definition) is 3. The van der Waals surface area contributed by atoms with Crippen LogP contribution in [0.15, 0.2) is 12.1 Å². The quantitative estimate of drug-likeness (QED) is 0.828. The summed E-state index contributed by atoms with van der Waals surface area (Å²) in [6.45, 7) is 1.63. The summed E-state index contributed by atoms with van der Waals surface area (Å²) in [7, 11) is 0. The Bertz CT molecular complexity index is 278. The molecule has 0 aliphatic rings. The Morgan fingerprint density at radius 1 is 1.50 bits per heavy atom. The normalized spacial score (nSPS) is 13.5. The first-order chi connectivity index (χ1) is 6.63. The van der Waals surface area contributed by atoms with E-state index in [1.807, 2.05) is 19.1 Å². The molecule has 1 aromatic heterocycles. The molecule has 1 unspecified atom stereocenters. The van der Waals surface area contributed by atoms with Crippen LogP contribution >= 0.6 is 11.3 Å². The van der Waals surface area contributed by atoms with Crippen molar-refractivity contribution in [3.05, 3.63) is 21.9 Å². The van der Waals surface area contributed by atoms with Crippen LogP contribution in [-0.4, -0.2) is 19.6 Å². The van der Waals surface area contributed by atoms with Gasteiger partial charge in [0.2, 0.25) is 0 Å². The Labute approximate surface area is 85.7 Å². The number of ether oxygens (including phenoxy) is 1. The van der Waals surface area contributed by atoms with Crippen LogP contribution in [0, 0.1) is 6.92 Å². The van der Waals surface area contributed by atoms with E-state index in [1.54, 1.807) is 0 Å². The van der Waals surface area contributed by atoms with Crippen LogP contribution in [-0.2, 0) is 4.74 Å². The lowest BCUT2D eigenvalue weighted by molar-refractivity contribution is -0.0204. The van der Waals surface area contributed by atoms with Gasteiger partial charge in [-0.1, -0.05) is 0 Å². The predicted octanol–water partition coefficient (Wildman–Crippen LogP) is 2.34. The summed E-state index contributed by atoms with van der Waals surface area (Å²) in [6, 6.07) is 3.79. The number of aryl methyl sites for hydroxylation is 1. The summed E-state index contributed by atoms with van der Waals surface area (Å²) in [5, 5.41) is 0. The van der Waals surface area contributed by atoms with Crippen molar-refractivity contribution in [3.63, 3.8) is 0 Å². The number of alkyl halides is 2. The van der Waals surface area contributed by atoms with E-state index in [4.69, 9.17) is 10.5 Å². The molecule has 2 nitrogen and oxygen atoms in total. The second kappa shape index (κ2) is 5.38. The van der Waals surface area contributed by atoms with Crippen LogP contribution in [0.4, 0.5) is 8.78 Å². The number of nitrogens with two attached hydrogens (primary N) is 1. The molecule has 0 bridgehead atoms. The zero-order valence-corrected chi connectivity index (χ0v) is 8.69. The fourth-order valence-electron chi connectivity index (χ4n) is 1.08. The highest BCUT2D eigenvalue weighted by Crippen LogP contribution is 2.25. The molecule has 0 fully saturated rings. The van der Waals surface area contributed by atoms with Gasteiger partial charge in [0.15, 0.2) is 0 Å². The SMILES string of the molecule is Cc1ccc(C(CN)OCC(F)F)s1. The topological polar surface area (TPSA) is 35.2 Å². The molecular formula is C9H13F2NOS. The van der Waals surface area contributed by atoms with Crippen molar-refractivity contribution < 1.29 is 13.5 Å². The Morgan fingerprint density at radius 3 is 2.64 bits per heavy atom. The molecule has 0 amide bonds. The van der Waals surface area contributed by atoms with E-state index in [-0.39, 0.29) is 6.54 Å². The van der Waals surface area contributed by atoms with Gasteiger partial charge in [-0.05, 0) is 19.1 Å². The largest absolute Gasteiger partial charge is 0.365 e. The van der Waals surface area contributed by atoms with Gasteiger partial charge in [-0.25, -0.2) is 8.78 Å². The van der Waals surface area contributed by atoms with Crippen molar-refractivity contribution in [3.8, 4) is 0 Å². The molecule has 1 heterocycles. The van der Waals surface area contributed by atoms with Gasteiger partial charge >= 0.3 is 0 Å². The summed E-state index contributed by atoms with van der Waals surface area (Å²) in [5.74, 6) is 0. The minimum Gasteiger partial charge on any atom is -0.365 e. The lowest BCUT2D eigenvalue weighted by atomic mass is 10.3. The standard InChI is InChI=1S/C9H13F2NOS/c1-6-2-3-8(14-6)7(4-12)13-5-9(10)11/h2-3,7,9H,4-5,12H2,1H3. The summed E-state index contributed by atoms with van der Waals surface area (Å²) in [5.41, 5.74) is 5.44. The minimum absolute atomic E-state index is 0.229. The smallest absolute Gasteiger partial charge is 0.261 e. The highest BCUT2D eigenvalue weighted by Gasteiger charge is 2.14. The molecule has 1 atom stereocenters. The second-order valence-corrected chi connectivity index (χ2v) is 4.22. The first kappa shape index (κ1) is 11.6. The molecular weight excluding hydrogens is 208 g/mol. The fraction of sp³-hybridized carbons (Fsp3) is 0.556. The van der Waals surface area contributed by atoms with Crippen molar-refractivity contribution in [1.82, 2.24) is 0 Å². The van der Waals surface area contributed by atoms with E-state index in [0.717, 1.165) is 9.75 Å². The molecule has 2 N–H and O–H groups in total. The monoisotopic (exact) mass is 221 g/mol. The molecule has 0 saturated carbocycles. The third-order valence-electron chi connectivity index (χ3n) is 1.72. The van der Waals surface area contributed by atoms with Crippen molar-refractivity contribution in [1.29, 1.82) is 0 Å². The van der Waals surface area contributed by atoms with E-state index in [1.165, 1.54) is 11.3 Å². The first-order valence-corrected chi connectivity index (χ1v) is 5.11. The van der Waals surface area contributed by atoms with E-state index in [9.17, 15) is 8.78 Å². The van der Waals surface area contributed by atoms with Gasteiger partial charge < -0.3 is 10.5 Å². The summed E-state index contributed by atoms with van der Waals surface area (Å²) in [4.78, 5) is 2.03. The van der Waals surface area contributed by atoms with Crippen LogP contribution in [0.5, 0.6) is 0 Å². The van der Waals surface area contributed by atoms with Crippen molar-refractivity contribution in [2.75, 3.05) is 13.2 Å². The second-order valence-electron chi connectivity index (χ2n) is 2.90. The number of halogens is 2. The van der Waals surface area contributed by atoms with Gasteiger partial charge in [-0.2, -0.15) is 0 Å². The summed E-state index contributed by atoms with van der Waals surface area (Å²) in [6.07, 6.45) is -2.84. The molecule has 0 aliphatic carbocycles. The Balaban J connectivity index is 2.54. The number of thiophene rings is 1. The number of rotatable bonds is 5. The maximum absolute atomic E-state index is 11.9. The summed E-state index contributed by atoms with van der Waals surface area (Å²) >= 11 is 1.52. The van der Waals surface area contributed by atoms with Crippen molar-refractivity contribution >= 4 is 11.3 Å². The molecule has 0 spiro atoms. The van der Waals surface area contributed by atoms with E-state index < -0.39 is 19.1 Å². The molecule has 0 aromatic carbocycles.